The molecule has 0 aliphatic heterocycles. The summed E-state index contributed by atoms with van der Waals surface area (Å²) in [5.41, 5.74) is 5.07. The van der Waals surface area contributed by atoms with Crippen molar-refractivity contribution in [3.05, 3.63) is 106 Å². The second-order valence-electron chi connectivity index (χ2n) is 7.91. The highest BCUT2D eigenvalue weighted by Crippen LogP contribution is 2.25. The zero-order valence-corrected chi connectivity index (χ0v) is 19.9. The van der Waals surface area contributed by atoms with Crippen LogP contribution in [-0.4, -0.2) is 23.6 Å². The summed E-state index contributed by atoms with van der Waals surface area (Å²) < 4.78 is 46.6. The van der Waals surface area contributed by atoms with Crippen molar-refractivity contribution in [3.63, 3.8) is 0 Å². The summed E-state index contributed by atoms with van der Waals surface area (Å²) in [6.07, 6.45) is -3.21. The van der Waals surface area contributed by atoms with Crippen LogP contribution in [0.25, 0.3) is 10.8 Å². The molecule has 1 amide bonds. The number of carbonyl (C=O) groups is 1. The molecule has 0 aliphatic carbocycles. The van der Waals surface area contributed by atoms with Crippen LogP contribution in [0.5, 0.6) is 11.5 Å². The van der Waals surface area contributed by atoms with E-state index in [1.54, 1.807) is 0 Å². The average Bonchev–Trinajstić information content (AvgIpc) is 2.86. The number of hydrogen-bond acceptors (Lipinski definition) is 5. The van der Waals surface area contributed by atoms with Crippen LogP contribution in [0.1, 0.15) is 27.0 Å². The predicted octanol–water partition coefficient (Wildman–Crippen LogP) is 6.58. The Morgan fingerprint density at radius 1 is 0.973 bits per heavy atom. The van der Waals surface area contributed by atoms with Crippen LogP contribution in [0.15, 0.2) is 84.0 Å². The molecule has 0 aromatic heterocycles. The quantitative estimate of drug-likeness (QED) is 0.200. The van der Waals surface area contributed by atoms with Crippen molar-refractivity contribution < 1.29 is 32.5 Å². The number of rotatable bonds is 8. The highest BCUT2D eigenvalue weighted by Gasteiger charge is 2.30. The topological polar surface area (TPSA) is 80.2 Å². The Labute approximate surface area is 214 Å². The van der Waals surface area contributed by atoms with E-state index in [1.165, 1.54) is 48.7 Å². The summed E-state index contributed by atoms with van der Waals surface area (Å²) in [4.78, 5) is 12.3. The highest BCUT2D eigenvalue weighted by atomic mass is 35.5. The van der Waals surface area contributed by atoms with Gasteiger partial charge < -0.3 is 14.6 Å². The maximum atomic E-state index is 12.3. The molecule has 0 heterocycles. The van der Waals surface area contributed by atoms with Gasteiger partial charge in [0.1, 0.15) is 11.5 Å². The third-order valence-corrected chi connectivity index (χ3v) is 5.61. The molecular formula is C27H20ClF3N2O4. The van der Waals surface area contributed by atoms with Gasteiger partial charge in [0.15, 0.2) is 0 Å². The lowest BCUT2D eigenvalue weighted by molar-refractivity contribution is -0.274. The van der Waals surface area contributed by atoms with Gasteiger partial charge in [-0.05, 0) is 52.2 Å². The molecular weight excluding hydrogens is 509 g/mol. The smallest absolute Gasteiger partial charge is 0.506 e. The Morgan fingerprint density at radius 2 is 1.70 bits per heavy atom. The number of phenolic OH excluding ortho intramolecular Hbond substituents is 1. The number of fused-ring (bicyclic) bond motifs is 1. The Bertz CT molecular complexity index is 1440. The summed E-state index contributed by atoms with van der Waals surface area (Å²) in [5.74, 6) is -0.890. The summed E-state index contributed by atoms with van der Waals surface area (Å²) in [6.45, 7) is 0.480. The first kappa shape index (κ1) is 26.0. The molecule has 6 nitrogen and oxygen atoms in total. The zero-order chi connectivity index (χ0) is 26.4. The maximum absolute atomic E-state index is 12.3. The summed E-state index contributed by atoms with van der Waals surface area (Å²) >= 11 is 5.85. The van der Waals surface area contributed by atoms with Crippen LogP contribution in [0.2, 0.25) is 5.02 Å². The number of amides is 1. The number of benzene rings is 4. The molecule has 0 atom stereocenters. The molecule has 0 radical (unpaired) electrons. The third kappa shape index (κ3) is 6.99. The van der Waals surface area contributed by atoms with Crippen molar-refractivity contribution >= 4 is 34.5 Å². The lowest BCUT2D eigenvalue weighted by atomic mass is 10.0. The van der Waals surface area contributed by atoms with Gasteiger partial charge in [-0.2, -0.15) is 5.10 Å². The predicted molar refractivity (Wildman–Crippen MR) is 134 cm³/mol. The first-order valence-electron chi connectivity index (χ1n) is 10.9. The molecule has 4 aromatic carbocycles. The van der Waals surface area contributed by atoms with Crippen LogP contribution >= 0.6 is 11.6 Å². The van der Waals surface area contributed by atoms with E-state index in [0.717, 1.165) is 21.9 Å². The second-order valence-corrected chi connectivity index (χ2v) is 8.32. The number of hydrogen-bond donors (Lipinski definition) is 2. The molecule has 0 fully saturated rings. The molecule has 0 aliphatic rings. The molecule has 0 spiro atoms. The third-order valence-electron chi connectivity index (χ3n) is 5.31. The number of nitrogens with zero attached hydrogens (tertiary/aromatic N) is 1. The van der Waals surface area contributed by atoms with Crippen molar-refractivity contribution in [2.24, 2.45) is 5.10 Å². The van der Waals surface area contributed by atoms with Gasteiger partial charge in [0.25, 0.3) is 5.91 Å². The number of nitrogens with one attached hydrogen (secondary N) is 1. The molecule has 0 saturated carbocycles. The zero-order valence-electron chi connectivity index (χ0n) is 19.1. The summed E-state index contributed by atoms with van der Waals surface area (Å²) in [6, 6.07) is 21.0. The minimum absolute atomic E-state index is 0.0629. The molecule has 2 N–H and O–H groups in total. The standard InChI is InChI=1S/C27H20ClF3N2O4/c28-24-13-18(9-12-25(24)34)26(35)33-32-14-19-7-8-20(23-4-2-1-3-22(19)23)16-36-15-17-5-10-21(11-6-17)37-27(29,30)31/h1-14,34H,15-16H2,(H,33,35)/b32-14+. The number of carbonyl (C=O) groups excluding carboxylic acids is 1. The fourth-order valence-electron chi connectivity index (χ4n) is 3.56. The molecule has 190 valence electrons. The summed E-state index contributed by atoms with van der Waals surface area (Å²) in [7, 11) is 0. The first-order valence-corrected chi connectivity index (χ1v) is 11.3. The van der Waals surface area contributed by atoms with E-state index in [4.69, 9.17) is 16.3 Å². The first-order chi connectivity index (χ1) is 17.7. The molecule has 4 aromatic rings. The normalized spacial score (nSPS) is 11.7. The van der Waals surface area contributed by atoms with E-state index in [9.17, 15) is 23.1 Å². The van der Waals surface area contributed by atoms with Crippen LogP contribution in [0, 0.1) is 0 Å². The van der Waals surface area contributed by atoms with Gasteiger partial charge >= 0.3 is 6.36 Å². The van der Waals surface area contributed by atoms with Gasteiger partial charge in [-0.25, -0.2) is 5.43 Å². The van der Waals surface area contributed by atoms with Crippen molar-refractivity contribution in [1.82, 2.24) is 5.43 Å². The minimum atomic E-state index is -4.73. The Kier molecular flexibility index (Phi) is 7.95. The monoisotopic (exact) mass is 528 g/mol. The van der Waals surface area contributed by atoms with Crippen LogP contribution in [-0.2, 0) is 18.0 Å². The van der Waals surface area contributed by atoms with E-state index in [0.29, 0.717) is 5.56 Å². The van der Waals surface area contributed by atoms with Gasteiger partial charge in [0.2, 0.25) is 0 Å². The number of alkyl halides is 3. The molecule has 0 saturated heterocycles. The van der Waals surface area contributed by atoms with Crippen LogP contribution < -0.4 is 10.2 Å². The van der Waals surface area contributed by atoms with Crippen molar-refractivity contribution in [1.29, 1.82) is 0 Å². The number of halogens is 4. The van der Waals surface area contributed by atoms with Crippen molar-refractivity contribution in [3.8, 4) is 11.5 Å². The number of aromatic hydroxyl groups is 1. The van der Waals surface area contributed by atoms with Gasteiger partial charge in [-0.3, -0.25) is 4.79 Å². The minimum Gasteiger partial charge on any atom is -0.506 e. The molecule has 0 bridgehead atoms. The lowest BCUT2D eigenvalue weighted by Gasteiger charge is -2.11. The van der Waals surface area contributed by atoms with E-state index in [2.05, 4.69) is 15.3 Å². The second kappa shape index (κ2) is 11.3. The molecule has 0 unspecified atom stereocenters. The molecule has 4 rings (SSSR count). The van der Waals surface area contributed by atoms with E-state index in [1.807, 2.05) is 36.4 Å². The number of ether oxygens (including phenoxy) is 2. The highest BCUT2D eigenvalue weighted by molar-refractivity contribution is 6.32. The Morgan fingerprint density at radius 3 is 2.41 bits per heavy atom. The van der Waals surface area contributed by atoms with Crippen LogP contribution in [0.3, 0.4) is 0 Å². The van der Waals surface area contributed by atoms with Gasteiger partial charge in [0.05, 0.1) is 24.5 Å². The van der Waals surface area contributed by atoms with Gasteiger partial charge in [-0.15, -0.1) is 13.2 Å². The average molecular weight is 529 g/mol. The van der Waals surface area contributed by atoms with Crippen molar-refractivity contribution in [2.75, 3.05) is 0 Å². The van der Waals surface area contributed by atoms with Gasteiger partial charge in [-0.1, -0.05) is 60.1 Å². The fourth-order valence-corrected chi connectivity index (χ4v) is 3.74. The van der Waals surface area contributed by atoms with Crippen LogP contribution in [0.4, 0.5) is 13.2 Å². The number of hydrazone groups is 1. The van der Waals surface area contributed by atoms with E-state index >= 15 is 0 Å². The van der Waals surface area contributed by atoms with E-state index in [-0.39, 0.29) is 35.3 Å². The molecule has 10 heteroatoms. The Balaban J connectivity index is 1.40. The van der Waals surface area contributed by atoms with Crippen molar-refractivity contribution in [2.45, 2.75) is 19.6 Å². The summed E-state index contributed by atoms with van der Waals surface area (Å²) in [5, 5.41) is 15.4. The number of phenols is 1. The SMILES string of the molecule is O=C(N/N=C/c1ccc(COCc2ccc(OC(F)(F)F)cc2)c2ccccc12)c1ccc(O)c(Cl)c1. The largest absolute Gasteiger partial charge is 0.573 e. The fraction of sp³-hybridized carbons (Fsp3) is 0.111. The van der Waals surface area contributed by atoms with Gasteiger partial charge in [0, 0.05) is 11.1 Å². The Hall–Kier alpha value is -4.08. The van der Waals surface area contributed by atoms with E-state index < -0.39 is 12.3 Å². The maximum Gasteiger partial charge on any atom is 0.573 e. The molecule has 37 heavy (non-hydrogen) atoms. The lowest BCUT2D eigenvalue weighted by Crippen LogP contribution is -2.17.